The average Bonchev–Trinajstić information content (AvgIpc) is 2.68. The van der Waals surface area contributed by atoms with Crippen molar-refractivity contribution in [2.45, 2.75) is 64.2 Å². The van der Waals surface area contributed by atoms with Gasteiger partial charge in [0.2, 0.25) is 11.8 Å². The van der Waals surface area contributed by atoms with Gasteiger partial charge in [0.05, 0.1) is 0 Å². The highest BCUT2D eigenvalue weighted by Crippen LogP contribution is 2.27. The van der Waals surface area contributed by atoms with Gasteiger partial charge in [0.1, 0.15) is 0 Å². The molecule has 3 aliphatic rings. The topological polar surface area (TPSA) is 52.7 Å². The molecule has 2 heterocycles. The predicted molar refractivity (Wildman–Crippen MR) is 99.2 cm³/mol. The second-order valence-corrected chi connectivity index (χ2v) is 8.20. The molecule has 0 aromatic carbocycles. The molecular formula is C20H35N3O2. The van der Waals surface area contributed by atoms with Gasteiger partial charge in [0, 0.05) is 39.0 Å². The molecule has 3 fully saturated rings. The summed E-state index contributed by atoms with van der Waals surface area (Å²) in [5.41, 5.74) is 0. The molecular weight excluding hydrogens is 314 g/mol. The van der Waals surface area contributed by atoms with Gasteiger partial charge in [-0.05, 0) is 57.0 Å². The van der Waals surface area contributed by atoms with Crippen LogP contribution in [0.2, 0.25) is 0 Å². The number of hydrogen-bond donors (Lipinski definition) is 1. The Balaban J connectivity index is 1.34. The fraction of sp³-hybridized carbons (Fsp3) is 0.900. The van der Waals surface area contributed by atoms with E-state index in [1.54, 1.807) is 0 Å². The van der Waals surface area contributed by atoms with E-state index >= 15 is 0 Å². The van der Waals surface area contributed by atoms with E-state index in [0.717, 1.165) is 52.1 Å². The SMILES string of the molecule is O=C(CCC1CCNCC1)N1CCN(C(=O)CC2CCCCC2)CC1. The smallest absolute Gasteiger partial charge is 0.222 e. The summed E-state index contributed by atoms with van der Waals surface area (Å²) in [6.45, 7) is 5.10. The van der Waals surface area contributed by atoms with Gasteiger partial charge < -0.3 is 15.1 Å². The van der Waals surface area contributed by atoms with E-state index in [1.165, 1.54) is 44.9 Å². The Hall–Kier alpha value is -1.10. The molecule has 2 saturated heterocycles. The van der Waals surface area contributed by atoms with Crippen molar-refractivity contribution in [3.63, 3.8) is 0 Å². The molecule has 0 atom stereocenters. The Bertz CT molecular complexity index is 434. The van der Waals surface area contributed by atoms with Crippen molar-refractivity contribution in [3.05, 3.63) is 0 Å². The minimum Gasteiger partial charge on any atom is -0.339 e. The minimum atomic E-state index is 0.290. The molecule has 1 N–H and O–H groups in total. The van der Waals surface area contributed by atoms with E-state index in [1.807, 2.05) is 9.80 Å². The Morgan fingerprint density at radius 3 is 2.00 bits per heavy atom. The zero-order chi connectivity index (χ0) is 17.5. The Labute approximate surface area is 152 Å². The van der Waals surface area contributed by atoms with Crippen LogP contribution in [-0.4, -0.2) is 60.9 Å². The number of amides is 2. The number of piperidine rings is 1. The Morgan fingerprint density at radius 1 is 0.760 bits per heavy atom. The van der Waals surface area contributed by atoms with Gasteiger partial charge in [-0.15, -0.1) is 0 Å². The molecule has 0 unspecified atom stereocenters. The minimum absolute atomic E-state index is 0.290. The number of carbonyl (C=O) groups is 2. The van der Waals surface area contributed by atoms with Gasteiger partial charge in [-0.2, -0.15) is 0 Å². The molecule has 0 spiro atoms. The largest absolute Gasteiger partial charge is 0.339 e. The molecule has 2 amide bonds. The van der Waals surface area contributed by atoms with Crippen LogP contribution in [0.25, 0.3) is 0 Å². The lowest BCUT2D eigenvalue weighted by Gasteiger charge is -2.36. The standard InChI is InChI=1S/C20H35N3O2/c24-19(7-6-17-8-10-21-11-9-17)22-12-14-23(15-13-22)20(25)16-18-4-2-1-3-5-18/h17-18,21H,1-16H2. The van der Waals surface area contributed by atoms with Gasteiger partial charge >= 0.3 is 0 Å². The number of nitrogens with one attached hydrogen (secondary N) is 1. The quantitative estimate of drug-likeness (QED) is 0.829. The van der Waals surface area contributed by atoms with E-state index in [0.29, 0.717) is 24.2 Å². The van der Waals surface area contributed by atoms with E-state index < -0.39 is 0 Å². The first-order valence-electron chi connectivity index (χ1n) is 10.5. The molecule has 25 heavy (non-hydrogen) atoms. The van der Waals surface area contributed by atoms with Crippen LogP contribution in [-0.2, 0) is 9.59 Å². The van der Waals surface area contributed by atoms with Gasteiger partial charge in [0.15, 0.2) is 0 Å². The molecule has 1 saturated carbocycles. The molecule has 0 bridgehead atoms. The van der Waals surface area contributed by atoms with Gasteiger partial charge in [-0.3, -0.25) is 9.59 Å². The summed E-state index contributed by atoms with van der Waals surface area (Å²) in [6.07, 6.45) is 11.2. The summed E-state index contributed by atoms with van der Waals surface area (Å²) in [5, 5.41) is 3.38. The first-order valence-corrected chi connectivity index (χ1v) is 10.5. The van der Waals surface area contributed by atoms with Crippen LogP contribution in [0.15, 0.2) is 0 Å². The lowest BCUT2D eigenvalue weighted by atomic mass is 9.86. The van der Waals surface area contributed by atoms with Crippen molar-refractivity contribution in [1.29, 1.82) is 0 Å². The number of rotatable bonds is 5. The van der Waals surface area contributed by atoms with Crippen molar-refractivity contribution in [3.8, 4) is 0 Å². The lowest BCUT2D eigenvalue weighted by Crippen LogP contribution is -2.51. The number of carbonyl (C=O) groups excluding carboxylic acids is 2. The molecule has 3 rings (SSSR count). The molecule has 5 heteroatoms. The predicted octanol–water partition coefficient (Wildman–Crippen LogP) is 2.41. The second kappa shape index (κ2) is 9.56. The van der Waals surface area contributed by atoms with Gasteiger partial charge in [-0.1, -0.05) is 19.3 Å². The third kappa shape index (κ3) is 5.70. The van der Waals surface area contributed by atoms with Crippen molar-refractivity contribution >= 4 is 11.8 Å². The summed E-state index contributed by atoms with van der Waals surface area (Å²) in [7, 11) is 0. The highest BCUT2D eigenvalue weighted by molar-refractivity contribution is 5.78. The lowest BCUT2D eigenvalue weighted by molar-refractivity contribution is -0.140. The summed E-state index contributed by atoms with van der Waals surface area (Å²) in [4.78, 5) is 28.9. The summed E-state index contributed by atoms with van der Waals surface area (Å²) >= 11 is 0. The fourth-order valence-electron chi connectivity index (χ4n) is 4.63. The Morgan fingerprint density at radius 2 is 1.36 bits per heavy atom. The van der Waals surface area contributed by atoms with Gasteiger partial charge in [0.25, 0.3) is 0 Å². The molecule has 0 aromatic heterocycles. The zero-order valence-electron chi connectivity index (χ0n) is 15.7. The first-order chi connectivity index (χ1) is 12.2. The first kappa shape index (κ1) is 18.7. The molecule has 2 aliphatic heterocycles. The zero-order valence-corrected chi connectivity index (χ0v) is 15.7. The maximum atomic E-state index is 12.5. The van der Waals surface area contributed by atoms with E-state index in [-0.39, 0.29) is 5.91 Å². The van der Waals surface area contributed by atoms with E-state index in [2.05, 4.69) is 5.32 Å². The molecule has 142 valence electrons. The molecule has 0 radical (unpaired) electrons. The number of piperazine rings is 1. The fourth-order valence-corrected chi connectivity index (χ4v) is 4.63. The molecule has 1 aliphatic carbocycles. The van der Waals surface area contributed by atoms with Crippen LogP contribution >= 0.6 is 0 Å². The van der Waals surface area contributed by atoms with Crippen LogP contribution in [0.1, 0.15) is 64.2 Å². The third-order valence-electron chi connectivity index (χ3n) is 6.40. The molecule has 5 nitrogen and oxygen atoms in total. The normalized spacial score (nSPS) is 23.7. The number of hydrogen-bond acceptors (Lipinski definition) is 3. The maximum Gasteiger partial charge on any atom is 0.222 e. The summed E-state index contributed by atoms with van der Waals surface area (Å²) < 4.78 is 0. The van der Waals surface area contributed by atoms with Crippen molar-refractivity contribution in [1.82, 2.24) is 15.1 Å². The highest BCUT2D eigenvalue weighted by Gasteiger charge is 2.26. The molecule has 0 aromatic rings. The van der Waals surface area contributed by atoms with Crippen LogP contribution < -0.4 is 5.32 Å². The van der Waals surface area contributed by atoms with Crippen molar-refractivity contribution in [2.24, 2.45) is 11.8 Å². The van der Waals surface area contributed by atoms with Crippen molar-refractivity contribution < 1.29 is 9.59 Å². The average molecular weight is 350 g/mol. The van der Waals surface area contributed by atoms with Crippen LogP contribution in [0, 0.1) is 11.8 Å². The number of nitrogens with zero attached hydrogens (tertiary/aromatic N) is 2. The summed E-state index contributed by atoms with van der Waals surface area (Å²) in [6, 6.07) is 0. The van der Waals surface area contributed by atoms with E-state index in [4.69, 9.17) is 0 Å². The van der Waals surface area contributed by atoms with Crippen molar-refractivity contribution in [2.75, 3.05) is 39.3 Å². The second-order valence-electron chi connectivity index (χ2n) is 8.20. The van der Waals surface area contributed by atoms with Crippen LogP contribution in [0.3, 0.4) is 0 Å². The van der Waals surface area contributed by atoms with Crippen LogP contribution in [0.4, 0.5) is 0 Å². The van der Waals surface area contributed by atoms with E-state index in [9.17, 15) is 9.59 Å². The maximum absolute atomic E-state index is 12.5. The monoisotopic (exact) mass is 349 g/mol. The van der Waals surface area contributed by atoms with Crippen LogP contribution in [0.5, 0.6) is 0 Å². The Kier molecular flexibility index (Phi) is 7.14. The van der Waals surface area contributed by atoms with Gasteiger partial charge in [-0.25, -0.2) is 0 Å². The highest BCUT2D eigenvalue weighted by atomic mass is 16.2. The summed E-state index contributed by atoms with van der Waals surface area (Å²) in [5.74, 6) is 1.92. The third-order valence-corrected chi connectivity index (χ3v) is 6.40.